The van der Waals surface area contributed by atoms with Crippen molar-refractivity contribution in [1.29, 1.82) is 0 Å². The van der Waals surface area contributed by atoms with Gasteiger partial charge in [-0.3, -0.25) is 14.9 Å². The first kappa shape index (κ1) is 20.0. The van der Waals surface area contributed by atoms with E-state index in [0.717, 1.165) is 5.56 Å². The Morgan fingerprint density at radius 2 is 2.14 bits per heavy atom. The van der Waals surface area contributed by atoms with E-state index in [4.69, 9.17) is 25.8 Å². The first-order valence-corrected chi connectivity index (χ1v) is 8.83. The number of nitro benzene ring substituents is 1. The van der Waals surface area contributed by atoms with E-state index in [1.807, 2.05) is 0 Å². The number of nitrogens with zero attached hydrogens (tertiary/aromatic N) is 3. The smallest absolute Gasteiger partial charge is 0.313 e. The van der Waals surface area contributed by atoms with Crippen molar-refractivity contribution in [2.75, 3.05) is 38.6 Å². The fourth-order valence-electron chi connectivity index (χ4n) is 2.84. The van der Waals surface area contributed by atoms with Crippen molar-refractivity contribution >= 4 is 28.9 Å². The van der Waals surface area contributed by atoms with Gasteiger partial charge in [0.2, 0.25) is 0 Å². The zero-order valence-electron chi connectivity index (χ0n) is 15.1. The first-order chi connectivity index (χ1) is 13.5. The number of hydrogen-bond acceptors (Lipinski definition) is 7. The molecule has 3 rings (SSSR count). The van der Waals surface area contributed by atoms with Crippen LogP contribution < -0.4 is 9.64 Å². The lowest BCUT2D eigenvalue weighted by Crippen LogP contribution is -2.37. The Morgan fingerprint density at radius 1 is 1.32 bits per heavy atom. The lowest BCUT2D eigenvalue weighted by molar-refractivity contribution is -0.386. The van der Waals surface area contributed by atoms with Crippen molar-refractivity contribution in [3.05, 3.63) is 56.9 Å². The van der Waals surface area contributed by atoms with Gasteiger partial charge in [0.25, 0.3) is 5.91 Å². The third kappa shape index (κ3) is 4.38. The topological polar surface area (TPSA) is 104 Å². The number of hydrogen-bond donors (Lipinski definition) is 0. The summed E-state index contributed by atoms with van der Waals surface area (Å²) < 4.78 is 15.4. The summed E-state index contributed by atoms with van der Waals surface area (Å²) in [4.78, 5) is 29.1. The molecule has 0 fully saturated rings. The number of carbonyl (C=O) groups excluding carboxylic acids is 1. The highest BCUT2D eigenvalue weighted by molar-refractivity contribution is 6.29. The third-order valence-electron chi connectivity index (χ3n) is 4.22. The van der Waals surface area contributed by atoms with Gasteiger partial charge in [0, 0.05) is 25.9 Å². The van der Waals surface area contributed by atoms with Gasteiger partial charge in [-0.1, -0.05) is 11.6 Å². The molecule has 148 valence electrons. The molecular weight excluding hydrogens is 390 g/mol. The Morgan fingerprint density at radius 3 is 2.89 bits per heavy atom. The van der Waals surface area contributed by atoms with E-state index < -0.39 is 4.92 Å². The van der Waals surface area contributed by atoms with Gasteiger partial charge in [0.1, 0.15) is 5.15 Å². The van der Waals surface area contributed by atoms with Crippen molar-refractivity contribution in [3.63, 3.8) is 0 Å². The van der Waals surface area contributed by atoms with Gasteiger partial charge in [-0.2, -0.15) is 0 Å². The van der Waals surface area contributed by atoms with E-state index >= 15 is 0 Å². The number of benzene rings is 1. The predicted octanol–water partition coefficient (Wildman–Crippen LogP) is 2.85. The highest BCUT2D eigenvalue weighted by Crippen LogP contribution is 2.34. The number of rotatable bonds is 8. The van der Waals surface area contributed by atoms with Gasteiger partial charge < -0.3 is 19.1 Å². The lowest BCUT2D eigenvalue weighted by atomic mass is 10.0. The SMILES string of the molecule is COCCOCOc1ccc(N2CCc3cc(Cl)ncc3C2=O)cc1[N+](=O)[O-]. The van der Waals surface area contributed by atoms with E-state index in [9.17, 15) is 14.9 Å². The number of ether oxygens (including phenoxy) is 3. The molecule has 2 aromatic rings. The van der Waals surface area contributed by atoms with Gasteiger partial charge in [-0.25, -0.2) is 4.98 Å². The molecule has 1 aliphatic rings. The molecule has 1 aromatic heterocycles. The fourth-order valence-corrected chi connectivity index (χ4v) is 3.02. The molecule has 0 atom stereocenters. The van der Waals surface area contributed by atoms with Gasteiger partial charge in [0.05, 0.1) is 29.4 Å². The average Bonchev–Trinajstić information content (AvgIpc) is 2.68. The van der Waals surface area contributed by atoms with Gasteiger partial charge in [-0.05, 0) is 30.2 Å². The van der Waals surface area contributed by atoms with E-state index in [1.165, 1.54) is 23.2 Å². The predicted molar refractivity (Wildman–Crippen MR) is 101 cm³/mol. The number of fused-ring (bicyclic) bond motifs is 1. The number of anilines is 1. The summed E-state index contributed by atoms with van der Waals surface area (Å²) in [5.74, 6) is -0.222. The first-order valence-electron chi connectivity index (χ1n) is 8.45. The van der Waals surface area contributed by atoms with Crippen LogP contribution in [0, 0.1) is 10.1 Å². The molecule has 0 saturated carbocycles. The number of amides is 1. The zero-order chi connectivity index (χ0) is 20.1. The summed E-state index contributed by atoms with van der Waals surface area (Å²) in [6.45, 7) is 0.931. The fraction of sp³-hybridized carbons (Fsp3) is 0.333. The van der Waals surface area contributed by atoms with E-state index in [-0.39, 0.29) is 24.1 Å². The molecule has 0 bridgehead atoms. The molecule has 0 spiro atoms. The van der Waals surface area contributed by atoms with Crippen LogP contribution in [0.25, 0.3) is 0 Å². The second kappa shape index (κ2) is 8.96. The maximum Gasteiger partial charge on any atom is 0.313 e. The molecule has 1 aromatic carbocycles. The summed E-state index contributed by atoms with van der Waals surface area (Å²) in [7, 11) is 1.54. The number of methoxy groups -OCH3 is 1. The van der Waals surface area contributed by atoms with Crippen LogP contribution >= 0.6 is 11.6 Å². The molecule has 28 heavy (non-hydrogen) atoms. The Bertz CT molecular complexity index is 892. The van der Waals surface area contributed by atoms with E-state index in [0.29, 0.717) is 42.6 Å². The van der Waals surface area contributed by atoms with Crippen LogP contribution in [-0.4, -0.2) is 49.5 Å². The standard InChI is InChI=1S/C18H18ClN3O6/c1-26-6-7-27-11-28-16-3-2-13(9-15(16)22(24)25)21-5-4-12-8-17(19)20-10-14(12)18(21)23/h2-3,8-10H,4-7,11H2,1H3. The summed E-state index contributed by atoms with van der Waals surface area (Å²) in [6, 6.07) is 6.03. The Labute approximate surface area is 165 Å². The molecule has 2 heterocycles. The molecule has 0 N–H and O–H groups in total. The summed E-state index contributed by atoms with van der Waals surface area (Å²) in [6.07, 6.45) is 2.00. The minimum atomic E-state index is -0.558. The molecule has 0 saturated heterocycles. The molecule has 0 unspecified atom stereocenters. The van der Waals surface area contributed by atoms with Crippen LogP contribution in [0.2, 0.25) is 5.15 Å². The van der Waals surface area contributed by atoms with Crippen molar-refractivity contribution in [3.8, 4) is 5.75 Å². The number of halogens is 1. The third-order valence-corrected chi connectivity index (χ3v) is 4.42. The van der Waals surface area contributed by atoms with Gasteiger partial charge in [0.15, 0.2) is 12.5 Å². The molecule has 1 amide bonds. The maximum atomic E-state index is 12.8. The number of pyridine rings is 1. The molecule has 10 heteroatoms. The van der Waals surface area contributed by atoms with Gasteiger partial charge in [-0.15, -0.1) is 0 Å². The minimum Gasteiger partial charge on any atom is -0.460 e. The van der Waals surface area contributed by atoms with Gasteiger partial charge >= 0.3 is 5.69 Å². The van der Waals surface area contributed by atoms with Crippen molar-refractivity contribution in [1.82, 2.24) is 4.98 Å². The van der Waals surface area contributed by atoms with Crippen LogP contribution in [-0.2, 0) is 15.9 Å². The highest BCUT2D eigenvalue weighted by Gasteiger charge is 2.28. The van der Waals surface area contributed by atoms with Crippen molar-refractivity contribution in [2.45, 2.75) is 6.42 Å². The minimum absolute atomic E-state index is 0.0597. The highest BCUT2D eigenvalue weighted by atomic mass is 35.5. The number of carbonyl (C=O) groups is 1. The lowest BCUT2D eigenvalue weighted by Gasteiger charge is -2.28. The van der Waals surface area contributed by atoms with Crippen LogP contribution in [0.3, 0.4) is 0 Å². The maximum absolute atomic E-state index is 12.8. The number of nitro groups is 1. The summed E-state index contributed by atoms with van der Waals surface area (Å²) >= 11 is 5.88. The number of aromatic nitrogens is 1. The quantitative estimate of drug-likeness (QED) is 0.218. The second-order valence-electron chi connectivity index (χ2n) is 5.94. The molecule has 1 aliphatic heterocycles. The molecule has 9 nitrogen and oxygen atoms in total. The van der Waals surface area contributed by atoms with Crippen LogP contribution in [0.5, 0.6) is 5.75 Å². The average molecular weight is 408 g/mol. The van der Waals surface area contributed by atoms with E-state index in [1.54, 1.807) is 19.2 Å². The second-order valence-corrected chi connectivity index (χ2v) is 6.33. The molecule has 0 radical (unpaired) electrons. The Kier molecular flexibility index (Phi) is 6.40. The summed E-state index contributed by atoms with van der Waals surface area (Å²) in [5, 5.41) is 11.8. The normalized spacial score (nSPS) is 13.4. The van der Waals surface area contributed by atoms with Crippen LogP contribution in [0.4, 0.5) is 11.4 Å². The zero-order valence-corrected chi connectivity index (χ0v) is 15.8. The largest absolute Gasteiger partial charge is 0.460 e. The summed E-state index contributed by atoms with van der Waals surface area (Å²) in [5.41, 5.74) is 1.40. The van der Waals surface area contributed by atoms with Crippen LogP contribution in [0.1, 0.15) is 15.9 Å². The van der Waals surface area contributed by atoms with Crippen molar-refractivity contribution < 1.29 is 23.9 Å². The van der Waals surface area contributed by atoms with Crippen LogP contribution in [0.15, 0.2) is 30.5 Å². The monoisotopic (exact) mass is 407 g/mol. The Hall–Kier alpha value is -2.75. The van der Waals surface area contributed by atoms with Crippen molar-refractivity contribution in [2.24, 2.45) is 0 Å². The Balaban J connectivity index is 1.79. The molecular formula is C18H18ClN3O6. The molecule has 0 aliphatic carbocycles. The van der Waals surface area contributed by atoms with E-state index in [2.05, 4.69) is 4.98 Å².